The Morgan fingerprint density at radius 3 is 2.49 bits per heavy atom. The number of nitrogen functional groups attached to an aromatic ring is 1. The lowest BCUT2D eigenvalue weighted by Crippen LogP contribution is -2.33. The summed E-state index contributed by atoms with van der Waals surface area (Å²) in [5, 5.41) is 34.3. The molecule has 1 saturated heterocycles. The van der Waals surface area contributed by atoms with Gasteiger partial charge in [0.15, 0.2) is 23.2 Å². The molecule has 3 heterocycles. The van der Waals surface area contributed by atoms with Gasteiger partial charge in [0.1, 0.15) is 37.0 Å². The fraction of sp³-hybridized carbons (Fsp3) is 0.351. The average Bonchev–Trinajstić information content (AvgIpc) is 3.67. The molecule has 0 aliphatic carbocycles. The van der Waals surface area contributed by atoms with Gasteiger partial charge in [-0.05, 0) is 35.6 Å². The highest BCUT2D eigenvalue weighted by molar-refractivity contribution is 5.84. The van der Waals surface area contributed by atoms with Crippen LogP contribution in [0.3, 0.4) is 0 Å². The van der Waals surface area contributed by atoms with Gasteiger partial charge in [-0.2, -0.15) is 0 Å². The second-order valence-corrected chi connectivity index (χ2v) is 12.2. The Hall–Kier alpha value is -5.28. The minimum absolute atomic E-state index is 0.137. The maximum Gasteiger partial charge on any atom is 0.410 e. The summed E-state index contributed by atoms with van der Waals surface area (Å²) in [6.07, 6.45) is -2.44. The van der Waals surface area contributed by atoms with E-state index in [1.54, 1.807) is 4.90 Å². The Morgan fingerprint density at radius 2 is 1.76 bits per heavy atom. The van der Waals surface area contributed by atoms with E-state index in [1.807, 2.05) is 85.8 Å². The third-order valence-corrected chi connectivity index (χ3v) is 8.65. The molecule has 14 nitrogen and oxygen atoms in total. The number of imidazole rings is 1. The molecule has 1 aliphatic heterocycles. The number of hydrogen-bond acceptors (Lipinski definition) is 12. The Bertz CT molecular complexity index is 1890. The molecule has 51 heavy (non-hydrogen) atoms. The Morgan fingerprint density at radius 1 is 1.00 bits per heavy atom. The topological polar surface area (TPSA) is 190 Å². The van der Waals surface area contributed by atoms with Crippen molar-refractivity contribution in [2.45, 2.75) is 57.5 Å². The largest absolute Gasteiger partial charge is 0.493 e. The molecule has 0 unspecified atom stereocenters. The van der Waals surface area contributed by atoms with E-state index in [9.17, 15) is 20.1 Å². The average molecular weight is 698 g/mol. The van der Waals surface area contributed by atoms with Crippen LogP contribution >= 0.6 is 0 Å². The zero-order valence-electron chi connectivity index (χ0n) is 28.3. The molecular weight excluding hydrogens is 654 g/mol. The van der Waals surface area contributed by atoms with E-state index in [0.717, 1.165) is 28.7 Å². The second kappa shape index (κ2) is 16.6. The summed E-state index contributed by atoms with van der Waals surface area (Å²) in [6.45, 7) is 3.47. The van der Waals surface area contributed by atoms with Gasteiger partial charge in [-0.15, -0.1) is 0 Å². The number of carbonyl (C=O) groups is 1. The number of aromatic nitrogens is 4. The van der Waals surface area contributed by atoms with E-state index in [2.05, 4.69) is 20.3 Å². The quantitative estimate of drug-likeness (QED) is 0.0986. The number of rotatable bonds is 15. The molecular formula is C37H43N7O7. The van der Waals surface area contributed by atoms with Crippen LogP contribution in [0.15, 0.2) is 85.2 Å². The minimum atomic E-state index is -1.36. The van der Waals surface area contributed by atoms with Crippen molar-refractivity contribution in [3.05, 3.63) is 96.3 Å². The van der Waals surface area contributed by atoms with Crippen molar-refractivity contribution in [2.75, 3.05) is 37.4 Å². The number of nitrogens with zero attached hydrogens (tertiary/aromatic N) is 5. The number of fused-ring (bicyclic) bond motifs is 1. The summed E-state index contributed by atoms with van der Waals surface area (Å²) in [4.78, 5) is 27.5. The SMILES string of the molecule is CCCN(CCCOc1cc(CNc2nc3c(N)ncnc3n2[C@@H]2O[C@H](CO)[C@@H](O)[C@H]2O)ccc1-c1ccccc1)C(=O)OCc1ccccc1. The molecule has 14 heteroatoms. The number of nitrogens with one attached hydrogen (secondary N) is 1. The fourth-order valence-electron chi connectivity index (χ4n) is 6.03. The number of anilines is 2. The van der Waals surface area contributed by atoms with Crippen molar-refractivity contribution >= 4 is 29.0 Å². The van der Waals surface area contributed by atoms with Crippen LogP contribution in [-0.4, -0.2) is 90.4 Å². The molecule has 2 aromatic heterocycles. The number of aliphatic hydroxyl groups is 3. The lowest BCUT2D eigenvalue weighted by molar-refractivity contribution is -0.0501. The molecule has 5 aromatic rings. The fourth-order valence-corrected chi connectivity index (χ4v) is 6.03. The third-order valence-electron chi connectivity index (χ3n) is 8.65. The Kier molecular flexibility index (Phi) is 11.6. The molecule has 1 fully saturated rings. The molecule has 0 radical (unpaired) electrons. The summed E-state index contributed by atoms with van der Waals surface area (Å²) in [6, 6.07) is 25.4. The van der Waals surface area contributed by atoms with Crippen LogP contribution < -0.4 is 15.8 Å². The maximum atomic E-state index is 12.9. The molecule has 6 N–H and O–H groups in total. The van der Waals surface area contributed by atoms with Crippen LogP contribution in [0, 0.1) is 0 Å². The summed E-state index contributed by atoms with van der Waals surface area (Å²) >= 11 is 0. The van der Waals surface area contributed by atoms with Crippen LogP contribution in [0.4, 0.5) is 16.6 Å². The van der Waals surface area contributed by atoms with Gasteiger partial charge in [-0.25, -0.2) is 19.7 Å². The highest BCUT2D eigenvalue weighted by atomic mass is 16.6. The van der Waals surface area contributed by atoms with Crippen molar-refractivity contribution < 1.29 is 34.3 Å². The van der Waals surface area contributed by atoms with Gasteiger partial charge >= 0.3 is 6.09 Å². The van der Waals surface area contributed by atoms with Crippen LogP contribution in [-0.2, 0) is 22.6 Å². The number of carbonyl (C=O) groups excluding carboxylic acids is 1. The molecule has 6 rings (SSSR count). The normalized spacial score (nSPS) is 18.5. The summed E-state index contributed by atoms with van der Waals surface area (Å²) < 4.78 is 19.3. The first-order valence-electron chi connectivity index (χ1n) is 17.0. The van der Waals surface area contributed by atoms with E-state index < -0.39 is 31.1 Å². The number of nitrogens with two attached hydrogens (primary N) is 1. The zero-order chi connectivity index (χ0) is 35.7. The van der Waals surface area contributed by atoms with Gasteiger partial charge in [0.25, 0.3) is 0 Å². The minimum Gasteiger partial charge on any atom is -0.493 e. The summed E-state index contributed by atoms with van der Waals surface area (Å²) in [5.41, 5.74) is 10.4. The maximum absolute atomic E-state index is 12.9. The van der Waals surface area contributed by atoms with Crippen LogP contribution in [0.5, 0.6) is 5.75 Å². The van der Waals surface area contributed by atoms with Gasteiger partial charge in [-0.1, -0.05) is 79.7 Å². The predicted molar refractivity (Wildman–Crippen MR) is 191 cm³/mol. The standard InChI is InChI=1S/C37H43N7O7/c1-2-16-43(37(48)50-22-24-10-5-3-6-11-24)17-9-18-49-28-19-25(14-15-27(28)26-12-7-4-8-13-26)20-39-36-42-30-33(38)40-23-41-34(30)44(36)35-32(47)31(46)29(21-45)51-35/h3-8,10-15,19,23,29,31-32,35,45-47H,2,9,16-18,20-22H2,1H3,(H,39,42)(H2,38,40,41)/t29-,31-,32-,35-/m1/s1. The number of aliphatic hydroxyl groups excluding tert-OH is 3. The molecule has 1 aliphatic rings. The van der Waals surface area contributed by atoms with E-state index >= 15 is 0 Å². The summed E-state index contributed by atoms with van der Waals surface area (Å²) in [7, 11) is 0. The molecule has 4 atom stereocenters. The van der Waals surface area contributed by atoms with Crippen LogP contribution in [0.25, 0.3) is 22.3 Å². The summed E-state index contributed by atoms with van der Waals surface area (Å²) in [5.74, 6) is 1.08. The van der Waals surface area contributed by atoms with Crippen molar-refractivity contribution in [1.82, 2.24) is 24.4 Å². The number of hydrogen-bond donors (Lipinski definition) is 5. The number of amides is 1. The molecule has 268 valence electrons. The highest BCUT2D eigenvalue weighted by Gasteiger charge is 2.45. The smallest absolute Gasteiger partial charge is 0.410 e. The molecule has 0 saturated carbocycles. The Labute approximate surface area is 295 Å². The van der Waals surface area contributed by atoms with Gasteiger partial charge < -0.3 is 45.5 Å². The third kappa shape index (κ3) is 8.21. The van der Waals surface area contributed by atoms with Crippen LogP contribution in [0.2, 0.25) is 0 Å². The highest BCUT2D eigenvalue weighted by Crippen LogP contribution is 2.36. The van der Waals surface area contributed by atoms with Crippen molar-refractivity contribution in [1.29, 1.82) is 0 Å². The van der Waals surface area contributed by atoms with Crippen molar-refractivity contribution in [3.63, 3.8) is 0 Å². The predicted octanol–water partition coefficient (Wildman–Crippen LogP) is 4.12. The van der Waals surface area contributed by atoms with Gasteiger partial charge in [-0.3, -0.25) is 4.57 Å². The monoisotopic (exact) mass is 697 g/mol. The van der Waals surface area contributed by atoms with E-state index in [-0.39, 0.29) is 31.0 Å². The van der Waals surface area contributed by atoms with Crippen molar-refractivity contribution in [2.24, 2.45) is 0 Å². The van der Waals surface area contributed by atoms with Crippen LogP contribution in [0.1, 0.15) is 37.1 Å². The van der Waals surface area contributed by atoms with E-state index in [0.29, 0.717) is 43.0 Å². The van der Waals surface area contributed by atoms with Gasteiger partial charge in [0, 0.05) is 25.2 Å². The molecule has 1 amide bonds. The number of benzene rings is 3. The van der Waals surface area contributed by atoms with E-state index in [4.69, 9.17) is 19.9 Å². The van der Waals surface area contributed by atoms with Crippen molar-refractivity contribution in [3.8, 4) is 16.9 Å². The molecule has 0 bridgehead atoms. The lowest BCUT2D eigenvalue weighted by Gasteiger charge is -2.22. The lowest BCUT2D eigenvalue weighted by atomic mass is 10.0. The first-order valence-corrected chi connectivity index (χ1v) is 17.0. The second-order valence-electron chi connectivity index (χ2n) is 12.2. The molecule has 0 spiro atoms. The first-order chi connectivity index (χ1) is 24.9. The zero-order valence-corrected chi connectivity index (χ0v) is 28.3. The van der Waals surface area contributed by atoms with E-state index in [1.165, 1.54) is 10.9 Å². The van der Waals surface area contributed by atoms with Gasteiger partial charge in [0.05, 0.1) is 13.2 Å². The van der Waals surface area contributed by atoms with Gasteiger partial charge in [0.2, 0.25) is 5.95 Å². The first kappa shape index (κ1) is 35.5. The number of ether oxygens (including phenoxy) is 3. The molecule has 3 aromatic carbocycles. The Balaban J connectivity index is 1.17.